The monoisotopic (exact) mass is 452 g/mol. The molecule has 0 saturated carbocycles. The molecule has 3 aromatic heterocycles. The van der Waals surface area contributed by atoms with Crippen LogP contribution in [0.4, 0.5) is 17.1 Å². The number of aromatic nitrogens is 5. The van der Waals surface area contributed by atoms with Crippen molar-refractivity contribution in [1.29, 1.82) is 0 Å². The summed E-state index contributed by atoms with van der Waals surface area (Å²) in [5.41, 5.74) is -0.935. The highest BCUT2D eigenvalue weighted by molar-refractivity contribution is 7.92. The average molecular weight is 452 g/mol. The Morgan fingerprint density at radius 1 is 1.16 bits per heavy atom. The Bertz CT molecular complexity index is 1300. The first kappa shape index (κ1) is 21.1. The van der Waals surface area contributed by atoms with Gasteiger partial charge in [0, 0.05) is 17.1 Å². The molecular formula is C19H16F4N6OS. The van der Waals surface area contributed by atoms with E-state index in [2.05, 4.69) is 20.4 Å². The molecule has 0 aliphatic carbocycles. The molecule has 0 radical (unpaired) electrons. The standard InChI is InChI=1S/C19H16F4N6OS/c1-18(2,3)27-17(30)12-9-28(31-23)16-15(12)26-14(8-24-16)29-13-6-11(19(20,21)22)5-4-10(13)7-25-29/h4-9H,1-3H3,(H,27,30). The van der Waals surface area contributed by atoms with Crippen LogP contribution in [-0.2, 0) is 6.18 Å². The van der Waals surface area contributed by atoms with E-state index in [1.165, 1.54) is 29.3 Å². The number of carbonyl (C=O) groups excluding carboxylic acids is 1. The number of halogens is 4. The second-order valence-electron chi connectivity index (χ2n) is 7.87. The lowest BCUT2D eigenvalue weighted by atomic mass is 10.1. The molecule has 12 heteroatoms. The van der Waals surface area contributed by atoms with Gasteiger partial charge in [0.1, 0.15) is 5.52 Å². The fourth-order valence-corrected chi connectivity index (χ4v) is 3.41. The number of rotatable bonds is 3. The van der Waals surface area contributed by atoms with E-state index in [0.29, 0.717) is 5.39 Å². The highest BCUT2D eigenvalue weighted by atomic mass is 32.2. The lowest BCUT2D eigenvalue weighted by molar-refractivity contribution is -0.137. The van der Waals surface area contributed by atoms with Gasteiger partial charge in [0.25, 0.3) is 5.91 Å². The fraction of sp³-hybridized carbons (Fsp3) is 0.263. The van der Waals surface area contributed by atoms with Gasteiger partial charge in [-0.15, -0.1) is 3.89 Å². The van der Waals surface area contributed by atoms with E-state index in [1.807, 2.05) is 0 Å². The van der Waals surface area contributed by atoms with Crippen LogP contribution in [0.15, 0.2) is 36.8 Å². The zero-order valence-electron chi connectivity index (χ0n) is 16.5. The summed E-state index contributed by atoms with van der Waals surface area (Å²) >= 11 is -0.148. The smallest absolute Gasteiger partial charge is 0.347 e. The van der Waals surface area contributed by atoms with Crippen LogP contribution in [0.1, 0.15) is 36.7 Å². The molecule has 0 spiro atoms. The third kappa shape index (κ3) is 3.94. The molecule has 0 fully saturated rings. The Morgan fingerprint density at radius 2 is 1.90 bits per heavy atom. The highest BCUT2D eigenvalue weighted by Gasteiger charge is 2.31. The van der Waals surface area contributed by atoms with E-state index in [4.69, 9.17) is 0 Å². The summed E-state index contributed by atoms with van der Waals surface area (Å²) in [5.74, 6) is -0.394. The summed E-state index contributed by atoms with van der Waals surface area (Å²) in [5, 5.41) is 7.36. The molecule has 0 saturated heterocycles. The molecule has 4 aromatic rings. The van der Waals surface area contributed by atoms with Gasteiger partial charge in [-0.05, 0) is 32.9 Å². The second kappa shape index (κ2) is 7.22. The van der Waals surface area contributed by atoms with Crippen molar-refractivity contribution >= 4 is 40.3 Å². The van der Waals surface area contributed by atoms with Crippen LogP contribution in [-0.4, -0.2) is 35.2 Å². The third-order valence-electron chi connectivity index (χ3n) is 4.37. The Kier molecular flexibility index (Phi) is 4.91. The molecule has 162 valence electrons. The van der Waals surface area contributed by atoms with Crippen molar-refractivity contribution in [3.05, 3.63) is 47.9 Å². The van der Waals surface area contributed by atoms with Gasteiger partial charge in [-0.1, -0.05) is 6.07 Å². The molecule has 0 aliphatic rings. The summed E-state index contributed by atoms with van der Waals surface area (Å²) < 4.78 is 55.0. The number of benzene rings is 1. The zero-order chi connectivity index (χ0) is 22.6. The van der Waals surface area contributed by atoms with Gasteiger partial charge in [-0.3, -0.25) is 4.79 Å². The van der Waals surface area contributed by atoms with Crippen molar-refractivity contribution in [2.24, 2.45) is 0 Å². The normalized spacial score (nSPS) is 12.6. The number of alkyl halides is 3. The maximum absolute atomic E-state index is 13.4. The van der Waals surface area contributed by atoms with Gasteiger partial charge in [0.05, 0.1) is 29.0 Å². The molecule has 7 nitrogen and oxygen atoms in total. The predicted octanol–water partition coefficient (Wildman–Crippen LogP) is 4.70. The van der Waals surface area contributed by atoms with Crippen molar-refractivity contribution in [2.75, 3.05) is 0 Å². The van der Waals surface area contributed by atoms with Crippen molar-refractivity contribution in [3.8, 4) is 5.82 Å². The van der Waals surface area contributed by atoms with Crippen LogP contribution in [0, 0.1) is 0 Å². The van der Waals surface area contributed by atoms with Crippen molar-refractivity contribution in [2.45, 2.75) is 32.5 Å². The first-order chi connectivity index (χ1) is 14.5. The first-order valence-electron chi connectivity index (χ1n) is 9.03. The van der Waals surface area contributed by atoms with E-state index >= 15 is 0 Å². The van der Waals surface area contributed by atoms with Crippen molar-refractivity contribution in [3.63, 3.8) is 0 Å². The molecule has 1 amide bonds. The lowest BCUT2D eigenvalue weighted by Crippen LogP contribution is -2.40. The van der Waals surface area contributed by atoms with Crippen LogP contribution < -0.4 is 5.32 Å². The molecule has 3 heterocycles. The van der Waals surface area contributed by atoms with Crippen LogP contribution >= 0.6 is 12.3 Å². The number of nitrogens with zero attached hydrogens (tertiary/aromatic N) is 5. The van der Waals surface area contributed by atoms with Gasteiger partial charge in [-0.25, -0.2) is 18.6 Å². The minimum Gasteiger partial charge on any atom is -0.347 e. The number of carbonyl (C=O) groups is 1. The Morgan fingerprint density at radius 3 is 2.55 bits per heavy atom. The molecule has 31 heavy (non-hydrogen) atoms. The first-order valence-corrected chi connectivity index (χ1v) is 9.70. The van der Waals surface area contributed by atoms with Crippen molar-refractivity contribution < 1.29 is 21.9 Å². The third-order valence-corrected chi connectivity index (χ3v) is 4.80. The quantitative estimate of drug-likeness (QED) is 0.456. The van der Waals surface area contributed by atoms with Gasteiger partial charge >= 0.3 is 6.18 Å². The molecule has 0 unspecified atom stereocenters. The Labute approximate surface area is 177 Å². The SMILES string of the molecule is CC(C)(C)NC(=O)c1cn(SF)c2ncc(-n3ncc4ccc(C(F)(F)F)cc43)nc12. The van der Waals surface area contributed by atoms with E-state index in [9.17, 15) is 21.9 Å². The second-order valence-corrected chi connectivity index (χ2v) is 8.40. The summed E-state index contributed by atoms with van der Waals surface area (Å²) in [7, 11) is 0. The highest BCUT2D eigenvalue weighted by Crippen LogP contribution is 2.32. The van der Waals surface area contributed by atoms with Crippen LogP contribution in [0.2, 0.25) is 0 Å². The number of hydrogen-bond acceptors (Lipinski definition) is 5. The minimum absolute atomic E-state index is 0.0804. The predicted molar refractivity (Wildman–Crippen MR) is 108 cm³/mol. The number of hydrogen-bond donors (Lipinski definition) is 1. The lowest BCUT2D eigenvalue weighted by Gasteiger charge is -2.20. The molecule has 1 N–H and O–H groups in total. The summed E-state index contributed by atoms with van der Waals surface area (Å²) in [4.78, 5) is 21.2. The topological polar surface area (TPSA) is 77.6 Å². The van der Waals surface area contributed by atoms with E-state index in [0.717, 1.165) is 16.1 Å². The summed E-state index contributed by atoms with van der Waals surface area (Å²) in [6, 6.07) is 3.24. The van der Waals surface area contributed by atoms with Gasteiger partial charge in [-0.2, -0.15) is 18.3 Å². The maximum Gasteiger partial charge on any atom is 0.416 e. The Balaban J connectivity index is 1.88. The molecule has 0 bridgehead atoms. The van der Waals surface area contributed by atoms with Gasteiger partial charge < -0.3 is 5.32 Å². The number of amides is 1. The van der Waals surface area contributed by atoms with Gasteiger partial charge in [0.2, 0.25) is 0 Å². The molecule has 0 atom stereocenters. The summed E-state index contributed by atoms with van der Waals surface area (Å²) in [6.07, 6.45) is -0.597. The van der Waals surface area contributed by atoms with Gasteiger partial charge in [0.15, 0.2) is 23.8 Å². The van der Waals surface area contributed by atoms with Crippen LogP contribution in [0.25, 0.3) is 27.9 Å². The largest absolute Gasteiger partial charge is 0.416 e. The molecule has 0 aliphatic heterocycles. The van der Waals surface area contributed by atoms with E-state index in [-0.39, 0.29) is 40.4 Å². The average Bonchev–Trinajstić information content (AvgIpc) is 3.26. The molecular weight excluding hydrogens is 436 g/mol. The maximum atomic E-state index is 13.4. The summed E-state index contributed by atoms with van der Waals surface area (Å²) in [6.45, 7) is 5.37. The fourth-order valence-electron chi connectivity index (χ4n) is 3.06. The minimum atomic E-state index is -4.52. The number of nitrogens with one attached hydrogen (secondary N) is 1. The number of fused-ring (bicyclic) bond motifs is 2. The van der Waals surface area contributed by atoms with Crippen LogP contribution in [0.3, 0.4) is 0 Å². The van der Waals surface area contributed by atoms with E-state index in [1.54, 1.807) is 20.8 Å². The molecule has 1 aromatic carbocycles. The zero-order valence-corrected chi connectivity index (χ0v) is 17.3. The van der Waals surface area contributed by atoms with E-state index < -0.39 is 23.2 Å². The van der Waals surface area contributed by atoms with Crippen molar-refractivity contribution in [1.82, 2.24) is 29.0 Å². The molecule has 4 rings (SSSR count). The van der Waals surface area contributed by atoms with Crippen LogP contribution in [0.5, 0.6) is 0 Å². The Hall–Kier alpha value is -3.15.